The van der Waals surface area contributed by atoms with Gasteiger partial charge in [-0.3, -0.25) is 4.90 Å². The van der Waals surface area contributed by atoms with Crippen LogP contribution in [0, 0.1) is 6.92 Å². The molecule has 1 aromatic carbocycles. The Balaban J connectivity index is 2.21. The number of aliphatic hydroxyl groups is 1. The van der Waals surface area contributed by atoms with E-state index in [1.54, 1.807) is 0 Å². The number of hydrogen-bond donors (Lipinski definition) is 2. The quantitative estimate of drug-likeness (QED) is 0.875. The van der Waals surface area contributed by atoms with E-state index in [4.69, 9.17) is 10.5 Å². The molecule has 0 aromatic heterocycles. The maximum Gasteiger partial charge on any atom is 0.0936 e. The first kappa shape index (κ1) is 15.4. The molecule has 1 saturated heterocycles. The summed E-state index contributed by atoms with van der Waals surface area (Å²) in [7, 11) is 0. The summed E-state index contributed by atoms with van der Waals surface area (Å²) < 4.78 is 5.72. The molecule has 0 spiro atoms. The first-order chi connectivity index (χ1) is 9.51. The molecule has 1 aliphatic heterocycles. The van der Waals surface area contributed by atoms with Crippen LogP contribution in [0.3, 0.4) is 0 Å². The summed E-state index contributed by atoms with van der Waals surface area (Å²) in [6, 6.07) is 8.74. The van der Waals surface area contributed by atoms with E-state index in [-0.39, 0.29) is 30.9 Å². The lowest BCUT2D eigenvalue weighted by molar-refractivity contribution is -0.107. The third-order valence-electron chi connectivity index (χ3n) is 3.87. The second kappa shape index (κ2) is 6.68. The van der Waals surface area contributed by atoms with Gasteiger partial charge in [0.1, 0.15) is 0 Å². The summed E-state index contributed by atoms with van der Waals surface area (Å²) in [6.45, 7) is 7.79. The molecule has 112 valence electrons. The molecule has 1 aliphatic rings. The summed E-state index contributed by atoms with van der Waals surface area (Å²) in [5.41, 5.74) is 8.71. The van der Waals surface area contributed by atoms with Crippen LogP contribution in [0.15, 0.2) is 24.3 Å². The molecule has 0 aliphatic carbocycles. The van der Waals surface area contributed by atoms with Crippen LogP contribution in [0.5, 0.6) is 0 Å². The first-order valence-electron chi connectivity index (χ1n) is 7.33. The number of hydrogen-bond acceptors (Lipinski definition) is 4. The minimum atomic E-state index is -0.120. The van der Waals surface area contributed by atoms with Gasteiger partial charge in [-0.2, -0.15) is 0 Å². The predicted molar refractivity (Wildman–Crippen MR) is 80.6 cm³/mol. The van der Waals surface area contributed by atoms with Crippen molar-refractivity contribution >= 4 is 0 Å². The van der Waals surface area contributed by atoms with Crippen molar-refractivity contribution in [3.8, 4) is 0 Å². The number of ether oxygens (including phenoxy) is 1. The van der Waals surface area contributed by atoms with Crippen molar-refractivity contribution in [2.45, 2.75) is 45.1 Å². The predicted octanol–water partition coefficient (Wildman–Crippen LogP) is 1.46. The van der Waals surface area contributed by atoms with Crippen molar-refractivity contribution in [3.63, 3.8) is 0 Å². The number of nitrogens with zero attached hydrogens (tertiary/aromatic N) is 1. The first-order valence-corrected chi connectivity index (χ1v) is 7.33. The third-order valence-corrected chi connectivity index (χ3v) is 3.87. The normalized spacial score (nSPS) is 27.2. The Hall–Kier alpha value is -0.940. The number of aryl methyl sites for hydroxylation is 1. The van der Waals surface area contributed by atoms with Gasteiger partial charge in [-0.25, -0.2) is 0 Å². The molecule has 4 heteroatoms. The van der Waals surface area contributed by atoms with Gasteiger partial charge in [0.2, 0.25) is 0 Å². The Kier molecular flexibility index (Phi) is 5.16. The van der Waals surface area contributed by atoms with Crippen molar-refractivity contribution in [2.75, 3.05) is 19.7 Å². The number of morpholine rings is 1. The average molecular weight is 278 g/mol. The van der Waals surface area contributed by atoms with Crippen LogP contribution < -0.4 is 5.73 Å². The zero-order chi connectivity index (χ0) is 14.7. The van der Waals surface area contributed by atoms with E-state index >= 15 is 0 Å². The smallest absolute Gasteiger partial charge is 0.0936 e. The lowest BCUT2D eigenvalue weighted by Gasteiger charge is -2.42. The maximum absolute atomic E-state index is 9.37. The fourth-order valence-corrected chi connectivity index (χ4v) is 3.02. The zero-order valence-corrected chi connectivity index (χ0v) is 12.6. The minimum Gasteiger partial charge on any atom is -0.394 e. The van der Waals surface area contributed by atoms with E-state index in [2.05, 4.69) is 36.1 Å². The Bertz CT molecular complexity index is 419. The Labute approximate surface area is 121 Å². The van der Waals surface area contributed by atoms with Crippen molar-refractivity contribution in [1.29, 1.82) is 0 Å². The van der Waals surface area contributed by atoms with Gasteiger partial charge in [0, 0.05) is 25.2 Å². The molecule has 0 amide bonds. The molecule has 0 radical (unpaired) electrons. The number of benzene rings is 1. The highest BCUT2D eigenvalue weighted by Gasteiger charge is 2.32. The minimum absolute atomic E-state index is 0.0300. The molecular weight excluding hydrogens is 252 g/mol. The number of nitrogens with two attached hydrogens (primary N) is 1. The summed E-state index contributed by atoms with van der Waals surface area (Å²) in [6.07, 6.45) is -0.00181. The van der Waals surface area contributed by atoms with Crippen molar-refractivity contribution in [2.24, 2.45) is 5.73 Å². The third kappa shape index (κ3) is 3.58. The molecule has 1 heterocycles. The summed E-state index contributed by atoms with van der Waals surface area (Å²) in [4.78, 5) is 2.34. The number of rotatable bonds is 4. The van der Waals surface area contributed by atoms with Gasteiger partial charge in [0.25, 0.3) is 0 Å². The van der Waals surface area contributed by atoms with E-state index in [0.717, 1.165) is 13.1 Å². The largest absolute Gasteiger partial charge is 0.394 e. The molecule has 1 aromatic rings. The van der Waals surface area contributed by atoms with Gasteiger partial charge >= 0.3 is 0 Å². The van der Waals surface area contributed by atoms with Crippen LogP contribution >= 0.6 is 0 Å². The Morgan fingerprint density at radius 1 is 1.35 bits per heavy atom. The second-order valence-corrected chi connectivity index (χ2v) is 5.92. The molecular formula is C16H26N2O2. The highest BCUT2D eigenvalue weighted by molar-refractivity contribution is 5.25. The second-order valence-electron chi connectivity index (χ2n) is 5.92. The summed E-state index contributed by atoms with van der Waals surface area (Å²) in [5, 5.41) is 9.37. The van der Waals surface area contributed by atoms with Crippen molar-refractivity contribution in [1.82, 2.24) is 4.90 Å². The van der Waals surface area contributed by atoms with Crippen LogP contribution in [0.2, 0.25) is 0 Å². The van der Waals surface area contributed by atoms with Gasteiger partial charge in [-0.05, 0) is 26.3 Å². The van der Waals surface area contributed by atoms with Crippen LogP contribution in [-0.4, -0.2) is 48.0 Å². The molecule has 0 bridgehead atoms. The molecule has 4 unspecified atom stereocenters. The fraction of sp³-hybridized carbons (Fsp3) is 0.625. The standard InChI is InChI=1S/C16H26N2O2/c1-11-4-6-14(7-5-11)16(13(3)17)18-8-12(2)20-15(9-18)10-19/h4-7,12-13,15-16,19H,8-10,17H2,1-3H3. The van der Waals surface area contributed by atoms with Gasteiger partial charge in [0.05, 0.1) is 18.8 Å². The van der Waals surface area contributed by atoms with E-state index in [9.17, 15) is 5.11 Å². The number of aliphatic hydroxyl groups excluding tert-OH is 1. The molecule has 0 saturated carbocycles. The van der Waals surface area contributed by atoms with Crippen LogP contribution in [-0.2, 0) is 4.74 Å². The van der Waals surface area contributed by atoms with Crippen molar-refractivity contribution < 1.29 is 9.84 Å². The molecule has 2 rings (SSSR count). The molecule has 4 atom stereocenters. The lowest BCUT2D eigenvalue weighted by atomic mass is 9.96. The van der Waals surface area contributed by atoms with E-state index in [1.165, 1.54) is 11.1 Å². The zero-order valence-electron chi connectivity index (χ0n) is 12.6. The molecule has 1 fully saturated rings. The van der Waals surface area contributed by atoms with Gasteiger partial charge in [-0.1, -0.05) is 29.8 Å². The average Bonchev–Trinajstić information content (AvgIpc) is 2.40. The highest BCUT2D eigenvalue weighted by atomic mass is 16.5. The monoisotopic (exact) mass is 278 g/mol. The molecule has 3 N–H and O–H groups in total. The summed E-state index contributed by atoms with van der Waals surface area (Å²) >= 11 is 0. The van der Waals surface area contributed by atoms with E-state index in [1.807, 2.05) is 13.8 Å². The lowest BCUT2D eigenvalue weighted by Crippen LogP contribution is -2.52. The molecule has 4 nitrogen and oxygen atoms in total. The summed E-state index contributed by atoms with van der Waals surface area (Å²) in [5.74, 6) is 0. The van der Waals surface area contributed by atoms with Crippen LogP contribution in [0.4, 0.5) is 0 Å². The molecule has 20 heavy (non-hydrogen) atoms. The Morgan fingerprint density at radius 2 is 2.00 bits per heavy atom. The maximum atomic E-state index is 9.37. The topological polar surface area (TPSA) is 58.7 Å². The fourth-order valence-electron chi connectivity index (χ4n) is 3.02. The SMILES string of the molecule is Cc1ccc(C(C(C)N)N2CC(C)OC(CO)C2)cc1. The van der Waals surface area contributed by atoms with E-state index in [0.29, 0.717) is 0 Å². The van der Waals surface area contributed by atoms with Crippen LogP contribution in [0.25, 0.3) is 0 Å². The van der Waals surface area contributed by atoms with Gasteiger partial charge in [-0.15, -0.1) is 0 Å². The van der Waals surface area contributed by atoms with Crippen LogP contribution in [0.1, 0.15) is 31.0 Å². The van der Waals surface area contributed by atoms with Gasteiger partial charge in [0.15, 0.2) is 0 Å². The highest BCUT2D eigenvalue weighted by Crippen LogP contribution is 2.27. The van der Waals surface area contributed by atoms with Crippen molar-refractivity contribution in [3.05, 3.63) is 35.4 Å². The Morgan fingerprint density at radius 3 is 2.55 bits per heavy atom. The van der Waals surface area contributed by atoms with Gasteiger partial charge < -0.3 is 15.6 Å². The van der Waals surface area contributed by atoms with E-state index < -0.39 is 0 Å².